The summed E-state index contributed by atoms with van der Waals surface area (Å²) in [4.78, 5) is 24.7. The summed E-state index contributed by atoms with van der Waals surface area (Å²) in [5.41, 5.74) is 1.62. The number of anilines is 2. The Balaban J connectivity index is 1.99. The van der Waals surface area contributed by atoms with Crippen LogP contribution in [-0.4, -0.2) is 41.1 Å². The van der Waals surface area contributed by atoms with Crippen LogP contribution < -0.4 is 14.4 Å². The highest BCUT2D eigenvalue weighted by molar-refractivity contribution is 7.93. The van der Waals surface area contributed by atoms with Crippen molar-refractivity contribution >= 4 is 44.6 Å². The summed E-state index contributed by atoms with van der Waals surface area (Å²) in [7, 11) is -1.61. The van der Waals surface area contributed by atoms with Crippen LogP contribution in [0, 0.1) is 6.92 Å². The summed E-state index contributed by atoms with van der Waals surface area (Å²) in [6.07, 6.45) is 0. The van der Waals surface area contributed by atoms with Gasteiger partial charge in [0, 0.05) is 0 Å². The number of esters is 1. The molecule has 0 atom stereocenters. The highest BCUT2D eigenvalue weighted by Gasteiger charge is 2.32. The molecule has 168 valence electrons. The molecule has 3 rings (SSSR count). The van der Waals surface area contributed by atoms with Crippen LogP contribution in [0.3, 0.4) is 0 Å². The number of thiophene rings is 1. The summed E-state index contributed by atoms with van der Waals surface area (Å²) >= 11 is 0.953. The van der Waals surface area contributed by atoms with E-state index in [-0.39, 0.29) is 15.5 Å². The molecule has 1 N–H and O–H groups in total. The Morgan fingerprint density at radius 2 is 1.72 bits per heavy atom. The summed E-state index contributed by atoms with van der Waals surface area (Å²) < 4.78 is 38.0. The number of benzene rings is 2. The maximum absolute atomic E-state index is 13.6. The van der Waals surface area contributed by atoms with Crippen LogP contribution in [0.5, 0.6) is 5.75 Å². The summed E-state index contributed by atoms with van der Waals surface area (Å²) in [6.45, 7) is 1.35. The van der Waals surface area contributed by atoms with Gasteiger partial charge in [0.25, 0.3) is 10.0 Å². The van der Waals surface area contributed by atoms with E-state index in [0.717, 1.165) is 21.2 Å². The number of ether oxygens (including phenoxy) is 2. The second-order valence-electron chi connectivity index (χ2n) is 6.70. The third kappa shape index (κ3) is 4.92. The first-order valence-corrected chi connectivity index (χ1v) is 11.8. The molecule has 0 saturated heterocycles. The molecule has 1 aromatic heterocycles. The zero-order valence-corrected chi connectivity index (χ0v) is 19.3. The Bertz CT molecular complexity index is 1220. The van der Waals surface area contributed by atoms with Crippen molar-refractivity contribution in [2.24, 2.45) is 0 Å². The number of rotatable bonds is 8. The molecule has 3 aromatic rings. The zero-order chi connectivity index (χ0) is 23.3. The fourth-order valence-corrected chi connectivity index (χ4v) is 5.69. The molecule has 0 fully saturated rings. The van der Waals surface area contributed by atoms with Gasteiger partial charge in [-0.2, -0.15) is 0 Å². The van der Waals surface area contributed by atoms with E-state index < -0.39 is 28.4 Å². The SMILES string of the molecule is COC(=O)c1sccc1S(=O)(=O)N(CC(=O)Nc1ccccc1OC)c1ccc(C)cc1. The number of carbonyl (C=O) groups excluding carboxylic acids is 2. The van der Waals surface area contributed by atoms with E-state index in [4.69, 9.17) is 9.47 Å². The first kappa shape index (κ1) is 23.3. The van der Waals surface area contributed by atoms with Gasteiger partial charge in [0.1, 0.15) is 22.1 Å². The summed E-state index contributed by atoms with van der Waals surface area (Å²) in [5.74, 6) is -0.897. The van der Waals surface area contributed by atoms with Gasteiger partial charge >= 0.3 is 5.97 Å². The van der Waals surface area contributed by atoms with Crippen molar-refractivity contribution in [3.05, 3.63) is 70.4 Å². The van der Waals surface area contributed by atoms with Gasteiger partial charge < -0.3 is 14.8 Å². The Morgan fingerprint density at radius 1 is 1.03 bits per heavy atom. The number of aryl methyl sites for hydroxylation is 1. The van der Waals surface area contributed by atoms with E-state index >= 15 is 0 Å². The lowest BCUT2D eigenvalue weighted by Crippen LogP contribution is -2.38. The van der Waals surface area contributed by atoms with Crippen LogP contribution in [-0.2, 0) is 19.6 Å². The molecular formula is C22H22N2O6S2. The van der Waals surface area contributed by atoms with Gasteiger partial charge in [-0.05, 0) is 42.6 Å². The van der Waals surface area contributed by atoms with Crippen molar-refractivity contribution in [1.29, 1.82) is 0 Å². The van der Waals surface area contributed by atoms with Crippen molar-refractivity contribution < 1.29 is 27.5 Å². The maximum Gasteiger partial charge on any atom is 0.349 e. The Hall–Kier alpha value is -3.37. The molecule has 0 spiro atoms. The smallest absolute Gasteiger partial charge is 0.349 e. The normalized spacial score (nSPS) is 11.0. The largest absolute Gasteiger partial charge is 0.495 e. The third-order valence-corrected chi connectivity index (χ3v) is 7.40. The zero-order valence-electron chi connectivity index (χ0n) is 17.7. The van der Waals surface area contributed by atoms with Crippen molar-refractivity contribution in [2.75, 3.05) is 30.4 Å². The average molecular weight is 475 g/mol. The monoisotopic (exact) mass is 474 g/mol. The van der Waals surface area contributed by atoms with Gasteiger partial charge in [0.05, 0.1) is 25.6 Å². The highest BCUT2D eigenvalue weighted by atomic mass is 32.2. The van der Waals surface area contributed by atoms with Gasteiger partial charge in [-0.25, -0.2) is 13.2 Å². The van der Waals surface area contributed by atoms with Crippen LogP contribution in [0.2, 0.25) is 0 Å². The fourth-order valence-electron chi connectivity index (χ4n) is 2.96. The molecule has 0 aliphatic carbocycles. The minimum atomic E-state index is -4.26. The second kappa shape index (κ2) is 9.84. The van der Waals surface area contributed by atoms with E-state index in [1.165, 1.54) is 25.7 Å². The molecular weight excluding hydrogens is 452 g/mol. The van der Waals surface area contributed by atoms with Crippen LogP contribution in [0.25, 0.3) is 0 Å². The maximum atomic E-state index is 13.6. The van der Waals surface area contributed by atoms with Gasteiger partial charge in [0.15, 0.2) is 0 Å². The number of hydrogen-bond donors (Lipinski definition) is 1. The van der Waals surface area contributed by atoms with E-state index in [2.05, 4.69) is 5.32 Å². The lowest BCUT2D eigenvalue weighted by Gasteiger charge is -2.24. The van der Waals surface area contributed by atoms with Crippen molar-refractivity contribution in [1.82, 2.24) is 0 Å². The molecule has 10 heteroatoms. The number of amides is 1. The number of sulfonamides is 1. The molecule has 0 aliphatic heterocycles. The second-order valence-corrected chi connectivity index (χ2v) is 9.45. The lowest BCUT2D eigenvalue weighted by molar-refractivity contribution is -0.114. The molecule has 2 aromatic carbocycles. The van der Waals surface area contributed by atoms with Crippen LogP contribution in [0.4, 0.5) is 11.4 Å². The predicted octanol–water partition coefficient (Wildman–Crippen LogP) is 3.69. The molecule has 0 bridgehead atoms. The van der Waals surface area contributed by atoms with E-state index in [1.54, 1.807) is 48.5 Å². The topological polar surface area (TPSA) is 102 Å². The molecule has 0 unspecified atom stereocenters. The minimum Gasteiger partial charge on any atom is -0.495 e. The Kier molecular flexibility index (Phi) is 7.16. The van der Waals surface area contributed by atoms with Crippen LogP contribution in [0.15, 0.2) is 64.9 Å². The van der Waals surface area contributed by atoms with Gasteiger partial charge in [-0.1, -0.05) is 29.8 Å². The number of nitrogens with one attached hydrogen (secondary N) is 1. The van der Waals surface area contributed by atoms with E-state index in [0.29, 0.717) is 11.4 Å². The van der Waals surface area contributed by atoms with Crippen molar-refractivity contribution in [3.8, 4) is 5.75 Å². The van der Waals surface area contributed by atoms with E-state index in [9.17, 15) is 18.0 Å². The Morgan fingerprint density at radius 3 is 2.38 bits per heavy atom. The molecule has 0 saturated carbocycles. The summed E-state index contributed by atoms with van der Waals surface area (Å²) in [6, 6.07) is 14.8. The third-order valence-electron chi connectivity index (χ3n) is 4.56. The minimum absolute atomic E-state index is 0.0604. The molecule has 0 radical (unpaired) electrons. The average Bonchev–Trinajstić information content (AvgIpc) is 3.29. The summed E-state index contributed by atoms with van der Waals surface area (Å²) in [5, 5.41) is 4.17. The van der Waals surface area contributed by atoms with Crippen molar-refractivity contribution in [2.45, 2.75) is 11.8 Å². The lowest BCUT2D eigenvalue weighted by atomic mass is 10.2. The quantitative estimate of drug-likeness (QED) is 0.500. The first-order chi connectivity index (χ1) is 15.3. The molecule has 0 aliphatic rings. The molecule has 1 amide bonds. The molecule has 1 heterocycles. The van der Waals surface area contributed by atoms with Gasteiger partial charge in [-0.3, -0.25) is 9.10 Å². The Labute approximate surface area is 190 Å². The number of hydrogen-bond acceptors (Lipinski definition) is 7. The predicted molar refractivity (Wildman–Crippen MR) is 123 cm³/mol. The number of methoxy groups -OCH3 is 2. The van der Waals surface area contributed by atoms with Crippen LogP contribution >= 0.6 is 11.3 Å². The van der Waals surface area contributed by atoms with Crippen LogP contribution in [0.1, 0.15) is 15.2 Å². The van der Waals surface area contributed by atoms with Gasteiger partial charge in [-0.15, -0.1) is 11.3 Å². The molecule has 32 heavy (non-hydrogen) atoms. The number of carbonyl (C=O) groups is 2. The fraction of sp³-hybridized carbons (Fsp3) is 0.182. The highest BCUT2D eigenvalue weighted by Crippen LogP contribution is 2.30. The standard InChI is InChI=1S/C22H22N2O6S2/c1-15-8-10-16(11-9-15)24(14-20(25)23-17-6-4-5-7-18(17)29-2)32(27,28)19-12-13-31-21(19)22(26)30-3/h4-13H,14H2,1-3H3,(H,23,25). The van der Waals surface area contributed by atoms with Crippen molar-refractivity contribution in [3.63, 3.8) is 0 Å². The molecule has 8 nitrogen and oxygen atoms in total. The van der Waals surface area contributed by atoms with Gasteiger partial charge in [0.2, 0.25) is 5.91 Å². The first-order valence-electron chi connectivity index (χ1n) is 9.46. The van der Waals surface area contributed by atoms with E-state index in [1.807, 2.05) is 6.92 Å². The number of para-hydroxylation sites is 2. The number of nitrogens with zero attached hydrogens (tertiary/aromatic N) is 1.